The quantitative estimate of drug-likeness (QED) is 0.727. The van der Waals surface area contributed by atoms with Crippen molar-refractivity contribution in [3.05, 3.63) is 28.8 Å². The summed E-state index contributed by atoms with van der Waals surface area (Å²) in [6, 6.07) is 7.63. The molecule has 0 amide bonds. The fourth-order valence-electron chi connectivity index (χ4n) is 1.56. The zero-order valence-electron chi connectivity index (χ0n) is 9.83. The van der Waals surface area contributed by atoms with Gasteiger partial charge in [0.2, 0.25) is 0 Å². The Labute approximate surface area is 102 Å². The zero-order chi connectivity index (χ0) is 12.0. The van der Waals surface area contributed by atoms with Crippen LogP contribution in [-0.2, 0) is 0 Å². The summed E-state index contributed by atoms with van der Waals surface area (Å²) in [7, 11) is 2.05. The highest BCUT2D eigenvalue weighted by atomic mass is 35.5. The fraction of sp³-hybridized carbons (Fsp3) is 0.462. The van der Waals surface area contributed by atoms with E-state index in [0.717, 1.165) is 12.2 Å². The van der Waals surface area contributed by atoms with E-state index < -0.39 is 0 Å². The van der Waals surface area contributed by atoms with Gasteiger partial charge in [-0.25, -0.2) is 0 Å². The lowest BCUT2D eigenvalue weighted by Crippen LogP contribution is -2.18. The second-order valence-electron chi connectivity index (χ2n) is 3.90. The van der Waals surface area contributed by atoms with Crippen molar-refractivity contribution in [1.82, 2.24) is 0 Å². The fourth-order valence-corrected chi connectivity index (χ4v) is 1.78. The van der Waals surface area contributed by atoms with Crippen LogP contribution in [-0.4, -0.2) is 13.6 Å². The Morgan fingerprint density at radius 3 is 2.69 bits per heavy atom. The van der Waals surface area contributed by atoms with Crippen molar-refractivity contribution in [2.75, 3.05) is 18.5 Å². The van der Waals surface area contributed by atoms with E-state index in [4.69, 9.17) is 16.9 Å². The smallest absolute Gasteiger partial charge is 0.101 e. The summed E-state index contributed by atoms with van der Waals surface area (Å²) >= 11 is 5.99. The van der Waals surface area contributed by atoms with Crippen molar-refractivity contribution in [1.29, 1.82) is 5.26 Å². The molecule has 0 heterocycles. The largest absolute Gasteiger partial charge is 0.375 e. The highest BCUT2D eigenvalue weighted by Crippen LogP contribution is 2.22. The summed E-state index contributed by atoms with van der Waals surface area (Å²) in [5.41, 5.74) is 1.60. The van der Waals surface area contributed by atoms with Crippen LogP contribution < -0.4 is 4.90 Å². The standard InChI is InChI=1S/C13H17ClN2/c1-3-4-5-8-16(2)12-7-6-11(10-15)13(14)9-12/h6-7,9H,3-5,8H2,1-2H3. The van der Waals surface area contributed by atoms with Gasteiger partial charge in [-0.3, -0.25) is 0 Å². The molecule has 86 valence electrons. The van der Waals surface area contributed by atoms with Crippen LogP contribution in [0.15, 0.2) is 18.2 Å². The lowest BCUT2D eigenvalue weighted by atomic mass is 10.2. The van der Waals surface area contributed by atoms with Crippen molar-refractivity contribution >= 4 is 17.3 Å². The van der Waals surface area contributed by atoms with Crippen LogP contribution in [0.3, 0.4) is 0 Å². The third kappa shape index (κ3) is 3.43. The third-order valence-electron chi connectivity index (χ3n) is 2.61. The summed E-state index contributed by atoms with van der Waals surface area (Å²) in [6.45, 7) is 3.22. The second-order valence-corrected chi connectivity index (χ2v) is 4.31. The number of hydrogen-bond donors (Lipinski definition) is 0. The molecule has 0 spiro atoms. The van der Waals surface area contributed by atoms with Crippen molar-refractivity contribution in [2.45, 2.75) is 26.2 Å². The summed E-state index contributed by atoms with van der Waals surface area (Å²) in [6.07, 6.45) is 3.65. The first-order valence-corrected chi connectivity index (χ1v) is 5.97. The number of halogens is 1. The minimum absolute atomic E-state index is 0.530. The molecule has 0 atom stereocenters. The predicted molar refractivity (Wildman–Crippen MR) is 69.0 cm³/mol. The van der Waals surface area contributed by atoms with Crippen molar-refractivity contribution in [3.8, 4) is 6.07 Å². The molecule has 0 unspecified atom stereocenters. The maximum Gasteiger partial charge on any atom is 0.101 e. The molecule has 3 heteroatoms. The number of hydrogen-bond acceptors (Lipinski definition) is 2. The molecule has 0 radical (unpaired) electrons. The molecule has 0 aliphatic carbocycles. The highest BCUT2D eigenvalue weighted by molar-refractivity contribution is 6.32. The first-order valence-electron chi connectivity index (χ1n) is 5.59. The van der Waals surface area contributed by atoms with Gasteiger partial charge in [-0.05, 0) is 24.6 Å². The van der Waals surface area contributed by atoms with E-state index in [9.17, 15) is 0 Å². The van der Waals surface area contributed by atoms with Crippen LogP contribution in [0.2, 0.25) is 5.02 Å². The summed E-state index contributed by atoms with van der Waals surface area (Å²) in [5, 5.41) is 9.30. The van der Waals surface area contributed by atoms with Crippen LogP contribution >= 0.6 is 11.6 Å². The third-order valence-corrected chi connectivity index (χ3v) is 2.92. The Bertz CT molecular complexity index is 382. The van der Waals surface area contributed by atoms with Gasteiger partial charge in [0.25, 0.3) is 0 Å². The monoisotopic (exact) mass is 236 g/mol. The maximum atomic E-state index is 8.77. The van der Waals surface area contributed by atoms with E-state index in [1.54, 1.807) is 6.07 Å². The maximum absolute atomic E-state index is 8.77. The van der Waals surface area contributed by atoms with E-state index in [-0.39, 0.29) is 0 Å². The van der Waals surface area contributed by atoms with E-state index in [1.807, 2.05) is 19.2 Å². The van der Waals surface area contributed by atoms with Gasteiger partial charge in [-0.2, -0.15) is 5.26 Å². The summed E-state index contributed by atoms with van der Waals surface area (Å²) in [5.74, 6) is 0. The van der Waals surface area contributed by atoms with Gasteiger partial charge in [0.1, 0.15) is 6.07 Å². The molecular weight excluding hydrogens is 220 g/mol. The molecule has 0 aliphatic rings. The normalized spacial score (nSPS) is 9.88. The molecule has 0 N–H and O–H groups in total. The molecule has 16 heavy (non-hydrogen) atoms. The molecule has 1 aromatic rings. The Hall–Kier alpha value is -1.20. The number of nitriles is 1. The van der Waals surface area contributed by atoms with E-state index >= 15 is 0 Å². The van der Waals surface area contributed by atoms with E-state index in [2.05, 4.69) is 17.9 Å². The highest BCUT2D eigenvalue weighted by Gasteiger charge is 2.04. The number of benzene rings is 1. The molecule has 0 aromatic heterocycles. The molecule has 2 nitrogen and oxygen atoms in total. The van der Waals surface area contributed by atoms with Gasteiger partial charge in [0, 0.05) is 19.3 Å². The van der Waals surface area contributed by atoms with Gasteiger partial charge in [0.15, 0.2) is 0 Å². The van der Waals surface area contributed by atoms with Crippen molar-refractivity contribution < 1.29 is 0 Å². The molecule has 1 aromatic carbocycles. The number of rotatable bonds is 5. The molecule has 0 saturated carbocycles. The average Bonchev–Trinajstić information content (AvgIpc) is 2.29. The SMILES string of the molecule is CCCCCN(C)c1ccc(C#N)c(Cl)c1. The Morgan fingerprint density at radius 1 is 1.38 bits per heavy atom. The molecule has 1 rings (SSSR count). The zero-order valence-corrected chi connectivity index (χ0v) is 10.6. The van der Waals surface area contributed by atoms with Crippen LogP contribution in [0.1, 0.15) is 31.7 Å². The Kier molecular flexibility index (Phi) is 5.14. The first-order chi connectivity index (χ1) is 7.69. The second kappa shape index (κ2) is 6.40. The first kappa shape index (κ1) is 12.9. The van der Waals surface area contributed by atoms with Gasteiger partial charge >= 0.3 is 0 Å². The van der Waals surface area contributed by atoms with Gasteiger partial charge in [0.05, 0.1) is 10.6 Å². The Balaban J connectivity index is 2.66. The molecule has 0 fully saturated rings. The van der Waals surface area contributed by atoms with E-state index in [1.165, 1.54) is 19.3 Å². The predicted octanol–water partition coefficient (Wildman–Crippen LogP) is 3.84. The van der Waals surface area contributed by atoms with Gasteiger partial charge < -0.3 is 4.90 Å². The number of anilines is 1. The van der Waals surface area contributed by atoms with Crippen LogP contribution in [0, 0.1) is 11.3 Å². The molecule has 0 saturated heterocycles. The number of nitrogens with zero attached hydrogens (tertiary/aromatic N) is 2. The van der Waals surface area contributed by atoms with Crippen LogP contribution in [0.25, 0.3) is 0 Å². The average molecular weight is 237 g/mol. The summed E-state index contributed by atoms with van der Waals surface area (Å²) in [4.78, 5) is 2.17. The van der Waals surface area contributed by atoms with Crippen molar-refractivity contribution in [2.24, 2.45) is 0 Å². The Morgan fingerprint density at radius 2 is 2.12 bits per heavy atom. The van der Waals surface area contributed by atoms with Crippen molar-refractivity contribution in [3.63, 3.8) is 0 Å². The van der Waals surface area contributed by atoms with Gasteiger partial charge in [-0.15, -0.1) is 0 Å². The van der Waals surface area contributed by atoms with Gasteiger partial charge in [-0.1, -0.05) is 31.4 Å². The lowest BCUT2D eigenvalue weighted by molar-refractivity contribution is 0.705. The molecule has 0 bridgehead atoms. The molecular formula is C13H17ClN2. The summed E-state index contributed by atoms with van der Waals surface area (Å²) < 4.78 is 0. The van der Waals surface area contributed by atoms with Crippen LogP contribution in [0.4, 0.5) is 5.69 Å². The number of unbranched alkanes of at least 4 members (excludes halogenated alkanes) is 2. The van der Waals surface area contributed by atoms with Crippen LogP contribution in [0.5, 0.6) is 0 Å². The lowest BCUT2D eigenvalue weighted by Gasteiger charge is -2.19. The van der Waals surface area contributed by atoms with E-state index in [0.29, 0.717) is 10.6 Å². The minimum Gasteiger partial charge on any atom is -0.375 e. The topological polar surface area (TPSA) is 27.0 Å². The molecule has 0 aliphatic heterocycles. The minimum atomic E-state index is 0.530.